The van der Waals surface area contributed by atoms with Crippen molar-refractivity contribution in [2.75, 3.05) is 24.5 Å². The lowest BCUT2D eigenvalue weighted by molar-refractivity contribution is -0.348. The van der Waals surface area contributed by atoms with Crippen molar-refractivity contribution in [1.29, 1.82) is 0 Å². The maximum absolute atomic E-state index is 15.3. The maximum Gasteiger partial charge on any atom is 0.435 e. The highest BCUT2D eigenvalue weighted by Gasteiger charge is 2.74. The maximum atomic E-state index is 15.3. The van der Waals surface area contributed by atoms with Gasteiger partial charge >= 0.3 is 24.0 Å². The highest BCUT2D eigenvalue weighted by molar-refractivity contribution is 7.92. The molecule has 1 N–H and O–H groups in total. The zero-order chi connectivity index (χ0) is 33.9. The number of nitrogens with zero attached hydrogens (tertiary/aromatic N) is 2. The number of hydrogen-bond donors (Lipinski definition) is 1. The van der Waals surface area contributed by atoms with Gasteiger partial charge in [-0.2, -0.15) is 26.3 Å². The van der Waals surface area contributed by atoms with Crippen molar-refractivity contribution in [2.45, 2.75) is 79.2 Å². The normalized spacial score (nSPS) is 25.6. The van der Waals surface area contributed by atoms with E-state index in [2.05, 4.69) is 0 Å². The Labute approximate surface area is 261 Å². The van der Waals surface area contributed by atoms with Crippen LogP contribution in [0, 0.1) is 11.8 Å². The third-order valence-corrected chi connectivity index (χ3v) is 12.3. The summed E-state index contributed by atoms with van der Waals surface area (Å²) in [6.07, 6.45) is -11.5. The van der Waals surface area contributed by atoms with Crippen LogP contribution >= 0.6 is 0 Å². The average Bonchev–Trinajstić information content (AvgIpc) is 3.40. The summed E-state index contributed by atoms with van der Waals surface area (Å²) in [6, 6.07) is 7.69. The molecule has 2 aliphatic heterocycles. The molecule has 2 aromatic rings. The number of rotatable bonds is 7. The largest absolute Gasteiger partial charge is 0.481 e. The smallest absolute Gasteiger partial charge is 0.435 e. The van der Waals surface area contributed by atoms with Gasteiger partial charge < -0.3 is 14.9 Å². The number of carbonyl (C=O) groups is 2. The number of fused-ring (bicyclic) bond motifs is 3. The minimum absolute atomic E-state index is 0.0670. The molecule has 2 atom stereocenters. The molecular weight excluding hydrogens is 645 g/mol. The van der Waals surface area contributed by atoms with Crippen LogP contribution < -0.4 is 4.90 Å². The monoisotopic (exact) mass is 678 g/mol. The minimum Gasteiger partial charge on any atom is -0.481 e. The van der Waals surface area contributed by atoms with Crippen molar-refractivity contribution in [1.82, 2.24) is 4.90 Å². The van der Waals surface area contributed by atoms with Crippen LogP contribution in [0.15, 0.2) is 53.4 Å². The average molecular weight is 679 g/mol. The number of carboxylic acids is 1. The number of alkyl halides is 7. The lowest BCUT2D eigenvalue weighted by Gasteiger charge is -2.48. The van der Waals surface area contributed by atoms with Crippen molar-refractivity contribution < 1.29 is 53.8 Å². The van der Waals surface area contributed by atoms with Crippen LogP contribution in [-0.2, 0) is 29.8 Å². The Morgan fingerprint density at radius 2 is 1.50 bits per heavy atom. The topological polar surface area (TPSA) is 95.0 Å². The van der Waals surface area contributed by atoms with E-state index in [4.69, 9.17) is 0 Å². The number of sulfone groups is 1. The summed E-state index contributed by atoms with van der Waals surface area (Å²) >= 11 is 0. The predicted molar refractivity (Wildman–Crippen MR) is 152 cm³/mol. The summed E-state index contributed by atoms with van der Waals surface area (Å²) < 4.78 is 125. The van der Waals surface area contributed by atoms with Gasteiger partial charge in [0.1, 0.15) is 4.75 Å². The second-order valence-electron chi connectivity index (χ2n) is 12.2. The van der Waals surface area contributed by atoms with Gasteiger partial charge in [-0.25, -0.2) is 12.8 Å². The highest BCUT2D eigenvalue weighted by Crippen LogP contribution is 2.58. The number of aliphatic carboxylic acids is 1. The highest BCUT2D eigenvalue weighted by atomic mass is 32.2. The quantitative estimate of drug-likeness (QED) is 0.343. The van der Waals surface area contributed by atoms with Crippen molar-refractivity contribution in [3.8, 4) is 0 Å². The van der Waals surface area contributed by atoms with Crippen LogP contribution in [0.5, 0.6) is 0 Å². The molecule has 1 amide bonds. The van der Waals surface area contributed by atoms with Crippen molar-refractivity contribution in [3.05, 3.63) is 59.7 Å². The Hall–Kier alpha value is -3.36. The molecule has 0 bridgehead atoms. The third-order valence-electron chi connectivity index (χ3n) is 9.74. The Morgan fingerprint density at radius 1 is 0.913 bits per heavy atom. The molecule has 0 spiro atoms. The summed E-state index contributed by atoms with van der Waals surface area (Å²) in [5.74, 6) is -2.54. The Kier molecular flexibility index (Phi) is 8.65. The Balaban J connectivity index is 1.69. The number of benzene rings is 2. The molecule has 2 unspecified atom stereocenters. The van der Waals surface area contributed by atoms with Gasteiger partial charge in [-0.05, 0) is 62.3 Å². The van der Waals surface area contributed by atoms with Gasteiger partial charge in [0.2, 0.25) is 5.91 Å². The van der Waals surface area contributed by atoms with Crippen molar-refractivity contribution >= 4 is 27.4 Å². The fourth-order valence-electron chi connectivity index (χ4n) is 7.42. The first-order chi connectivity index (χ1) is 21.4. The third kappa shape index (κ3) is 5.12. The van der Waals surface area contributed by atoms with Gasteiger partial charge in [-0.1, -0.05) is 37.3 Å². The number of carboxylic acid groups (broad SMARTS) is 1. The summed E-state index contributed by atoms with van der Waals surface area (Å²) in [7, 11) is -4.47. The number of amides is 1. The van der Waals surface area contributed by atoms with Gasteiger partial charge in [0.15, 0.2) is 9.84 Å². The fourth-order valence-corrected chi connectivity index (χ4v) is 9.74. The molecular formula is C31H33F7N2O5S. The lowest BCUT2D eigenvalue weighted by Crippen LogP contribution is -2.59. The first-order valence-electron chi connectivity index (χ1n) is 15.0. The summed E-state index contributed by atoms with van der Waals surface area (Å²) in [5, 5.41) is 9.38. The zero-order valence-corrected chi connectivity index (χ0v) is 25.6. The van der Waals surface area contributed by atoms with Gasteiger partial charge in [0.05, 0.1) is 16.9 Å². The Bertz CT molecular complexity index is 1580. The van der Waals surface area contributed by atoms with E-state index in [9.17, 15) is 49.5 Å². The zero-order valence-electron chi connectivity index (χ0n) is 24.7. The van der Waals surface area contributed by atoms with Crippen LogP contribution in [0.2, 0.25) is 0 Å². The molecule has 2 fully saturated rings. The number of likely N-dealkylation sites (tertiary alicyclic amines) is 1. The van der Waals surface area contributed by atoms with Gasteiger partial charge in [-0.3, -0.25) is 9.59 Å². The fraction of sp³-hybridized carbons (Fsp3) is 0.548. The second-order valence-corrected chi connectivity index (χ2v) is 14.4. The van der Waals surface area contributed by atoms with Gasteiger partial charge in [0.25, 0.3) is 0 Å². The van der Waals surface area contributed by atoms with E-state index >= 15 is 4.39 Å². The molecule has 7 nitrogen and oxygen atoms in total. The van der Waals surface area contributed by atoms with E-state index in [-0.39, 0.29) is 73.8 Å². The number of carbonyl (C=O) groups excluding carboxylic acids is 1. The first-order valence-corrected chi connectivity index (χ1v) is 16.5. The molecule has 1 aliphatic carbocycles. The van der Waals surface area contributed by atoms with Crippen molar-refractivity contribution in [3.63, 3.8) is 0 Å². The summed E-state index contributed by atoms with van der Waals surface area (Å²) in [4.78, 5) is 28.1. The SMILES string of the molecule is CCCN1CC2N(C(=O)C3CCC(C(=O)O)CC3)CCC2(S(=O)(=O)c2ccccc2)c2ccc(C(F)(C(F)(F)F)C(F)(F)F)cc21. The molecule has 1 saturated heterocycles. The van der Waals surface area contributed by atoms with E-state index in [1.54, 1.807) is 13.0 Å². The Morgan fingerprint density at radius 3 is 2.04 bits per heavy atom. The van der Waals surface area contributed by atoms with Crippen LogP contribution in [0.4, 0.5) is 36.4 Å². The standard InChI is InChI=1S/C31H33F7N2O5S/c1-2-15-39-18-25-28(46(44,45)22-6-4-3-5-7-22,14-16-40(25)26(41)19-8-10-20(11-9-19)27(42)43)23-13-12-21(17-24(23)39)29(32,30(33,34)35)31(36,37)38/h3-7,12-13,17,19-20,25H,2,8-11,14-16,18H2,1H3,(H,42,43). The molecule has 3 aliphatic rings. The number of halogens is 7. The van der Waals surface area contributed by atoms with Gasteiger partial charge in [0, 0.05) is 36.8 Å². The van der Waals surface area contributed by atoms with Gasteiger partial charge in [-0.15, -0.1) is 0 Å². The molecule has 0 radical (unpaired) electrons. The molecule has 1 saturated carbocycles. The molecule has 252 valence electrons. The molecule has 2 aromatic carbocycles. The summed E-state index contributed by atoms with van der Waals surface area (Å²) in [5.41, 5.74) is -7.83. The van der Waals surface area contributed by atoms with Crippen LogP contribution in [-0.4, -0.2) is 68.3 Å². The molecule has 46 heavy (non-hydrogen) atoms. The summed E-state index contributed by atoms with van der Waals surface area (Å²) in [6.45, 7) is 1.45. The van der Waals surface area contributed by atoms with Crippen molar-refractivity contribution in [2.24, 2.45) is 11.8 Å². The predicted octanol–water partition coefficient (Wildman–Crippen LogP) is 6.37. The van der Waals surface area contributed by atoms with E-state index in [0.717, 1.165) is 6.07 Å². The lowest BCUT2D eigenvalue weighted by atomic mass is 9.80. The molecule has 5 rings (SSSR count). The number of hydrogen-bond acceptors (Lipinski definition) is 5. The minimum atomic E-state index is -6.36. The molecule has 15 heteroatoms. The molecule has 0 aromatic heterocycles. The van der Waals surface area contributed by atoms with E-state index in [0.29, 0.717) is 18.6 Å². The molecule has 2 heterocycles. The van der Waals surface area contributed by atoms with E-state index in [1.165, 1.54) is 34.1 Å². The van der Waals surface area contributed by atoms with E-state index < -0.39 is 62.0 Å². The second kappa shape index (κ2) is 11.7. The van der Waals surface area contributed by atoms with E-state index in [1.807, 2.05) is 0 Å². The van der Waals surface area contributed by atoms with Crippen LogP contribution in [0.1, 0.15) is 56.6 Å². The first kappa shape index (κ1) is 34.0. The van der Waals surface area contributed by atoms with Crippen LogP contribution in [0.3, 0.4) is 0 Å². The number of anilines is 1. The van der Waals surface area contributed by atoms with Crippen LogP contribution in [0.25, 0.3) is 0 Å².